The maximum atomic E-state index is 13.1. The minimum Gasteiger partial charge on any atom is -0.354 e. The summed E-state index contributed by atoms with van der Waals surface area (Å²) in [5.41, 5.74) is 5.49. The van der Waals surface area contributed by atoms with E-state index in [4.69, 9.17) is 0 Å². The van der Waals surface area contributed by atoms with Crippen LogP contribution in [0.2, 0.25) is 0 Å². The summed E-state index contributed by atoms with van der Waals surface area (Å²) >= 11 is 0. The van der Waals surface area contributed by atoms with Gasteiger partial charge < -0.3 is 20.4 Å². The van der Waals surface area contributed by atoms with Crippen LogP contribution >= 0.6 is 0 Å². The Morgan fingerprint density at radius 3 is 2.36 bits per heavy atom. The lowest BCUT2D eigenvalue weighted by atomic mass is 9.99. The normalized spacial score (nSPS) is 16.7. The lowest BCUT2D eigenvalue weighted by Crippen LogP contribution is -2.49. The standard InChI is InChI=1S/C31H32N6O2/c1-3-36-15-17-37(18-16-36)21-28(38)35(2)25-12-10-24(11-13-25)33-30(23-7-5-4-6-8-23)29-26-14-9-22(20-32)19-27(26)34-31(29)39/h4-14,19,33H,3,15-18,21H2,1-2H3,(H,34,39)/b30-29-. The number of nitrogens with zero attached hydrogens (tertiary/aromatic N) is 4. The van der Waals surface area contributed by atoms with Gasteiger partial charge in [0.25, 0.3) is 5.91 Å². The molecule has 2 heterocycles. The predicted molar refractivity (Wildman–Crippen MR) is 155 cm³/mol. The van der Waals surface area contributed by atoms with E-state index in [9.17, 15) is 14.9 Å². The molecule has 5 rings (SSSR count). The summed E-state index contributed by atoms with van der Waals surface area (Å²) in [6.07, 6.45) is 0. The molecular weight excluding hydrogens is 488 g/mol. The lowest BCUT2D eigenvalue weighted by molar-refractivity contribution is -0.119. The number of amides is 2. The molecular formula is C31H32N6O2. The third kappa shape index (κ3) is 5.70. The van der Waals surface area contributed by atoms with Gasteiger partial charge in [0.15, 0.2) is 0 Å². The molecule has 8 nitrogen and oxygen atoms in total. The number of carbonyl (C=O) groups is 2. The highest BCUT2D eigenvalue weighted by molar-refractivity contribution is 6.37. The second-order valence-electron chi connectivity index (χ2n) is 9.78. The van der Waals surface area contributed by atoms with E-state index in [1.54, 1.807) is 30.1 Å². The first-order valence-corrected chi connectivity index (χ1v) is 13.2. The van der Waals surface area contributed by atoms with E-state index < -0.39 is 0 Å². The van der Waals surface area contributed by atoms with E-state index in [2.05, 4.69) is 33.4 Å². The summed E-state index contributed by atoms with van der Waals surface area (Å²) < 4.78 is 0. The van der Waals surface area contributed by atoms with Crippen molar-refractivity contribution in [3.05, 3.63) is 89.5 Å². The molecule has 0 unspecified atom stereocenters. The average molecular weight is 521 g/mol. The second-order valence-corrected chi connectivity index (χ2v) is 9.78. The number of nitrogens with one attached hydrogen (secondary N) is 2. The first-order valence-electron chi connectivity index (χ1n) is 13.2. The van der Waals surface area contributed by atoms with E-state index in [1.807, 2.05) is 54.6 Å². The van der Waals surface area contributed by atoms with Crippen LogP contribution in [0.1, 0.15) is 23.6 Å². The molecule has 1 saturated heterocycles. The molecule has 2 aliphatic rings. The maximum Gasteiger partial charge on any atom is 0.258 e. The first-order chi connectivity index (χ1) is 19.0. The number of anilines is 3. The summed E-state index contributed by atoms with van der Waals surface area (Å²) in [5, 5.41) is 15.6. The zero-order chi connectivity index (χ0) is 27.4. The Morgan fingerprint density at radius 1 is 1.00 bits per heavy atom. The predicted octanol–water partition coefficient (Wildman–Crippen LogP) is 4.09. The molecule has 39 heavy (non-hydrogen) atoms. The number of rotatable bonds is 7. The fraction of sp³-hybridized carbons (Fsp3) is 0.258. The van der Waals surface area contributed by atoms with E-state index in [1.165, 1.54) is 0 Å². The van der Waals surface area contributed by atoms with Crippen LogP contribution in [-0.4, -0.2) is 67.9 Å². The molecule has 3 aromatic rings. The van der Waals surface area contributed by atoms with Gasteiger partial charge in [-0.2, -0.15) is 5.26 Å². The fourth-order valence-corrected chi connectivity index (χ4v) is 4.99. The molecule has 1 fully saturated rings. The number of hydrogen-bond acceptors (Lipinski definition) is 6. The number of benzene rings is 3. The minimum absolute atomic E-state index is 0.0590. The quantitative estimate of drug-likeness (QED) is 0.456. The lowest BCUT2D eigenvalue weighted by Gasteiger charge is -2.34. The van der Waals surface area contributed by atoms with Crippen LogP contribution in [0, 0.1) is 11.3 Å². The van der Waals surface area contributed by atoms with Crippen molar-refractivity contribution in [3.63, 3.8) is 0 Å². The molecule has 0 aromatic heterocycles. The van der Waals surface area contributed by atoms with Crippen LogP contribution < -0.4 is 15.5 Å². The Balaban J connectivity index is 1.36. The minimum atomic E-state index is -0.229. The van der Waals surface area contributed by atoms with Gasteiger partial charge in [-0.3, -0.25) is 14.5 Å². The molecule has 2 amide bonds. The highest BCUT2D eigenvalue weighted by Gasteiger charge is 2.29. The van der Waals surface area contributed by atoms with Crippen molar-refractivity contribution in [1.82, 2.24) is 9.80 Å². The van der Waals surface area contributed by atoms with Gasteiger partial charge in [-0.1, -0.05) is 43.3 Å². The van der Waals surface area contributed by atoms with Crippen molar-refractivity contribution >= 4 is 40.1 Å². The second kappa shape index (κ2) is 11.5. The zero-order valence-electron chi connectivity index (χ0n) is 22.3. The Bertz CT molecular complexity index is 1430. The number of hydrogen-bond donors (Lipinski definition) is 2. The molecule has 0 aliphatic carbocycles. The third-order valence-electron chi connectivity index (χ3n) is 7.37. The Kier molecular flexibility index (Phi) is 7.73. The van der Waals surface area contributed by atoms with Crippen molar-refractivity contribution in [1.29, 1.82) is 5.26 Å². The number of fused-ring (bicyclic) bond motifs is 1. The SMILES string of the molecule is CCN1CCN(CC(=O)N(C)c2ccc(N/C(=C3\C(=O)Nc4cc(C#N)ccc43)c3ccccc3)cc2)CC1. The summed E-state index contributed by atoms with van der Waals surface area (Å²) in [6, 6.07) is 24.6. The number of likely N-dealkylation sites (N-methyl/N-ethyl adjacent to an activating group) is 2. The molecule has 2 aliphatic heterocycles. The zero-order valence-corrected chi connectivity index (χ0v) is 22.3. The van der Waals surface area contributed by atoms with Crippen LogP contribution in [-0.2, 0) is 9.59 Å². The van der Waals surface area contributed by atoms with Gasteiger partial charge in [0, 0.05) is 50.2 Å². The Labute approximate surface area is 229 Å². The maximum absolute atomic E-state index is 13.1. The monoisotopic (exact) mass is 520 g/mol. The van der Waals surface area contributed by atoms with Gasteiger partial charge in [-0.15, -0.1) is 0 Å². The summed E-state index contributed by atoms with van der Waals surface area (Å²) in [4.78, 5) is 32.4. The van der Waals surface area contributed by atoms with E-state index in [0.717, 1.165) is 55.2 Å². The Morgan fingerprint density at radius 2 is 1.69 bits per heavy atom. The molecule has 2 N–H and O–H groups in total. The van der Waals surface area contributed by atoms with Crippen LogP contribution in [0.4, 0.5) is 17.1 Å². The summed E-state index contributed by atoms with van der Waals surface area (Å²) in [6.45, 7) is 7.41. The third-order valence-corrected chi connectivity index (χ3v) is 7.37. The molecule has 0 atom stereocenters. The van der Waals surface area contributed by atoms with Crippen molar-refractivity contribution < 1.29 is 9.59 Å². The van der Waals surface area contributed by atoms with Crippen LogP contribution in [0.5, 0.6) is 0 Å². The van der Waals surface area contributed by atoms with Crippen molar-refractivity contribution in [2.75, 3.05) is 61.8 Å². The smallest absolute Gasteiger partial charge is 0.258 e. The largest absolute Gasteiger partial charge is 0.354 e. The van der Waals surface area contributed by atoms with Gasteiger partial charge in [-0.05, 0) is 48.5 Å². The van der Waals surface area contributed by atoms with Crippen molar-refractivity contribution in [2.24, 2.45) is 0 Å². The van der Waals surface area contributed by atoms with Gasteiger partial charge >= 0.3 is 0 Å². The molecule has 198 valence electrons. The van der Waals surface area contributed by atoms with Gasteiger partial charge in [0.2, 0.25) is 5.91 Å². The number of carbonyl (C=O) groups excluding carboxylic acids is 2. The van der Waals surface area contributed by atoms with Crippen LogP contribution in [0.3, 0.4) is 0 Å². The highest BCUT2D eigenvalue weighted by atomic mass is 16.2. The molecule has 3 aromatic carbocycles. The van der Waals surface area contributed by atoms with Crippen molar-refractivity contribution in [3.8, 4) is 6.07 Å². The molecule has 0 saturated carbocycles. The molecule has 0 radical (unpaired) electrons. The number of nitriles is 1. The topological polar surface area (TPSA) is 91.7 Å². The number of piperazine rings is 1. The van der Waals surface area contributed by atoms with Gasteiger partial charge in [-0.25, -0.2) is 0 Å². The van der Waals surface area contributed by atoms with Crippen LogP contribution in [0.15, 0.2) is 72.8 Å². The van der Waals surface area contributed by atoms with Gasteiger partial charge in [0.05, 0.1) is 35.1 Å². The van der Waals surface area contributed by atoms with E-state index in [-0.39, 0.29) is 11.8 Å². The Hall–Kier alpha value is -4.45. The van der Waals surface area contributed by atoms with E-state index in [0.29, 0.717) is 29.1 Å². The van der Waals surface area contributed by atoms with Crippen LogP contribution in [0.25, 0.3) is 11.3 Å². The molecule has 8 heteroatoms. The molecule has 0 bridgehead atoms. The van der Waals surface area contributed by atoms with E-state index >= 15 is 0 Å². The summed E-state index contributed by atoms with van der Waals surface area (Å²) in [5.74, 6) is -0.170. The van der Waals surface area contributed by atoms with Crippen molar-refractivity contribution in [2.45, 2.75) is 6.92 Å². The highest BCUT2D eigenvalue weighted by Crippen LogP contribution is 2.38. The van der Waals surface area contributed by atoms with Gasteiger partial charge in [0.1, 0.15) is 0 Å². The first kappa shape index (κ1) is 26.2. The molecule has 0 spiro atoms. The summed E-state index contributed by atoms with van der Waals surface area (Å²) in [7, 11) is 1.81. The fourth-order valence-electron chi connectivity index (χ4n) is 4.99. The average Bonchev–Trinajstić information content (AvgIpc) is 3.31.